The minimum Gasteiger partial charge on any atom is -0.306 e. The number of hydrogen-bond donors (Lipinski definition) is 0. The summed E-state index contributed by atoms with van der Waals surface area (Å²) in [6.45, 7) is 0. The van der Waals surface area contributed by atoms with Crippen LogP contribution in [-0.4, -0.2) is 14.4 Å². The molecule has 0 amide bonds. The van der Waals surface area contributed by atoms with Gasteiger partial charge in [-0.15, -0.1) is 0 Å². The van der Waals surface area contributed by atoms with Gasteiger partial charge in [0.05, 0.1) is 5.69 Å². The molecule has 0 aromatic carbocycles. The summed E-state index contributed by atoms with van der Waals surface area (Å²) >= 11 is 0. The molecule has 0 unspecified atom stereocenters. The van der Waals surface area contributed by atoms with Crippen LogP contribution in [0.2, 0.25) is 0 Å². The van der Waals surface area contributed by atoms with Gasteiger partial charge in [0.1, 0.15) is 11.3 Å². The fraction of sp³-hybridized carbons (Fsp3) is 0. The van der Waals surface area contributed by atoms with E-state index in [-0.39, 0.29) is 0 Å². The number of rotatable bonds is 1. The average molecular weight is 195 g/mol. The molecule has 0 radical (unpaired) electrons. The lowest BCUT2D eigenvalue weighted by molar-refractivity contribution is 1.19. The van der Waals surface area contributed by atoms with Crippen molar-refractivity contribution in [2.75, 3.05) is 0 Å². The molecule has 0 aliphatic heterocycles. The van der Waals surface area contributed by atoms with Crippen molar-refractivity contribution >= 4 is 5.65 Å². The highest BCUT2D eigenvalue weighted by molar-refractivity contribution is 5.58. The van der Waals surface area contributed by atoms with Crippen molar-refractivity contribution < 1.29 is 0 Å². The average Bonchev–Trinajstić information content (AvgIpc) is 2.74. The highest BCUT2D eigenvalue weighted by Crippen LogP contribution is 2.15. The van der Waals surface area contributed by atoms with Crippen LogP contribution in [0.4, 0.5) is 0 Å². The van der Waals surface area contributed by atoms with Crippen molar-refractivity contribution in [1.82, 2.24) is 14.4 Å². The van der Waals surface area contributed by atoms with Gasteiger partial charge in [0, 0.05) is 18.6 Å². The predicted molar refractivity (Wildman–Crippen MR) is 58.4 cm³/mol. The van der Waals surface area contributed by atoms with Gasteiger partial charge in [0.15, 0.2) is 0 Å². The normalized spacial score (nSPS) is 10.7. The van der Waals surface area contributed by atoms with Gasteiger partial charge in [-0.25, -0.2) is 4.98 Å². The van der Waals surface area contributed by atoms with Crippen LogP contribution in [0.1, 0.15) is 0 Å². The number of fused-ring (bicyclic) bond motifs is 1. The maximum absolute atomic E-state index is 4.48. The van der Waals surface area contributed by atoms with Gasteiger partial charge in [0.25, 0.3) is 0 Å². The minimum atomic E-state index is 0.904. The molecule has 3 rings (SSSR count). The van der Waals surface area contributed by atoms with E-state index < -0.39 is 0 Å². The van der Waals surface area contributed by atoms with Crippen LogP contribution in [-0.2, 0) is 0 Å². The van der Waals surface area contributed by atoms with Crippen molar-refractivity contribution in [2.45, 2.75) is 0 Å². The Kier molecular flexibility index (Phi) is 1.75. The van der Waals surface area contributed by atoms with E-state index in [1.807, 2.05) is 53.2 Å². The summed E-state index contributed by atoms with van der Waals surface area (Å²) in [5, 5.41) is 0. The summed E-state index contributed by atoms with van der Waals surface area (Å²) in [7, 11) is 0. The second-order valence-corrected chi connectivity index (χ2v) is 3.31. The highest BCUT2D eigenvalue weighted by atomic mass is 15.0. The molecule has 3 aromatic heterocycles. The first-order valence-electron chi connectivity index (χ1n) is 4.79. The molecule has 0 bridgehead atoms. The van der Waals surface area contributed by atoms with Crippen LogP contribution in [0.5, 0.6) is 0 Å². The zero-order valence-electron chi connectivity index (χ0n) is 8.04. The molecule has 0 saturated heterocycles. The van der Waals surface area contributed by atoms with Crippen molar-refractivity contribution in [2.24, 2.45) is 0 Å². The van der Waals surface area contributed by atoms with Gasteiger partial charge in [-0.2, -0.15) is 0 Å². The van der Waals surface area contributed by atoms with E-state index in [0.717, 1.165) is 17.0 Å². The van der Waals surface area contributed by atoms with Gasteiger partial charge < -0.3 is 4.40 Å². The molecule has 0 N–H and O–H groups in total. The molecule has 15 heavy (non-hydrogen) atoms. The van der Waals surface area contributed by atoms with Crippen molar-refractivity contribution in [3.05, 3.63) is 55.0 Å². The SMILES string of the molecule is c1ccc(-c2cn3ccccc3n2)nc1. The molecule has 0 saturated carbocycles. The Balaban J connectivity index is 2.21. The molecule has 0 fully saturated rings. The molecule has 72 valence electrons. The zero-order valence-corrected chi connectivity index (χ0v) is 8.04. The van der Waals surface area contributed by atoms with E-state index in [2.05, 4.69) is 9.97 Å². The maximum atomic E-state index is 4.48. The highest BCUT2D eigenvalue weighted by Gasteiger charge is 2.03. The summed E-state index contributed by atoms with van der Waals surface area (Å²) in [5.41, 5.74) is 2.75. The molecule has 0 aliphatic carbocycles. The molecule has 3 nitrogen and oxygen atoms in total. The number of hydrogen-bond acceptors (Lipinski definition) is 2. The first kappa shape index (κ1) is 8.17. The monoisotopic (exact) mass is 195 g/mol. The Morgan fingerprint density at radius 3 is 2.67 bits per heavy atom. The van der Waals surface area contributed by atoms with Crippen LogP contribution < -0.4 is 0 Å². The lowest BCUT2D eigenvalue weighted by Gasteiger charge is -1.91. The van der Waals surface area contributed by atoms with E-state index >= 15 is 0 Å². The Morgan fingerprint density at radius 2 is 1.87 bits per heavy atom. The van der Waals surface area contributed by atoms with Crippen LogP contribution in [0, 0.1) is 0 Å². The third-order valence-corrected chi connectivity index (χ3v) is 2.29. The maximum Gasteiger partial charge on any atom is 0.137 e. The summed E-state index contributed by atoms with van der Waals surface area (Å²) in [4.78, 5) is 8.75. The number of pyridine rings is 2. The summed E-state index contributed by atoms with van der Waals surface area (Å²) in [5.74, 6) is 0. The van der Waals surface area contributed by atoms with E-state index in [9.17, 15) is 0 Å². The molecule has 0 spiro atoms. The molecule has 3 aromatic rings. The summed E-state index contributed by atoms with van der Waals surface area (Å²) in [6.07, 6.45) is 5.74. The van der Waals surface area contributed by atoms with Gasteiger partial charge in [-0.3, -0.25) is 4.98 Å². The van der Waals surface area contributed by atoms with Crippen molar-refractivity contribution in [3.8, 4) is 11.4 Å². The number of aromatic nitrogens is 3. The van der Waals surface area contributed by atoms with Gasteiger partial charge in [-0.1, -0.05) is 12.1 Å². The Labute approximate surface area is 87.0 Å². The molecule has 3 heterocycles. The largest absolute Gasteiger partial charge is 0.306 e. The summed E-state index contributed by atoms with van der Waals surface area (Å²) < 4.78 is 1.99. The molecular formula is C12H9N3. The standard InChI is InChI=1S/C12H9N3/c1-3-7-13-10(5-1)11-9-15-8-4-2-6-12(15)14-11/h1-9H. The van der Waals surface area contributed by atoms with Crippen LogP contribution in [0.3, 0.4) is 0 Å². The fourth-order valence-electron chi connectivity index (χ4n) is 1.57. The fourth-order valence-corrected chi connectivity index (χ4v) is 1.57. The lowest BCUT2D eigenvalue weighted by Crippen LogP contribution is -1.80. The quantitative estimate of drug-likeness (QED) is 0.596. The Hall–Kier alpha value is -2.16. The first-order chi connectivity index (χ1) is 7.43. The van der Waals surface area contributed by atoms with Gasteiger partial charge in [0.2, 0.25) is 0 Å². The van der Waals surface area contributed by atoms with Crippen molar-refractivity contribution in [3.63, 3.8) is 0 Å². The Bertz CT molecular complexity index is 551. The number of nitrogens with zero attached hydrogens (tertiary/aromatic N) is 3. The second kappa shape index (κ2) is 3.20. The van der Waals surface area contributed by atoms with Crippen LogP contribution in [0.15, 0.2) is 55.0 Å². The third kappa shape index (κ3) is 1.38. The van der Waals surface area contributed by atoms with Gasteiger partial charge >= 0.3 is 0 Å². The van der Waals surface area contributed by atoms with E-state index in [4.69, 9.17) is 0 Å². The number of imidazole rings is 1. The zero-order chi connectivity index (χ0) is 10.1. The topological polar surface area (TPSA) is 30.2 Å². The summed E-state index contributed by atoms with van der Waals surface area (Å²) in [6, 6.07) is 11.8. The second-order valence-electron chi connectivity index (χ2n) is 3.31. The van der Waals surface area contributed by atoms with Crippen LogP contribution >= 0.6 is 0 Å². The lowest BCUT2D eigenvalue weighted by atomic mass is 10.3. The van der Waals surface area contributed by atoms with E-state index in [1.54, 1.807) is 6.20 Å². The molecule has 0 atom stereocenters. The van der Waals surface area contributed by atoms with Crippen LogP contribution in [0.25, 0.3) is 17.0 Å². The molecular weight excluding hydrogens is 186 g/mol. The van der Waals surface area contributed by atoms with E-state index in [1.165, 1.54) is 0 Å². The predicted octanol–water partition coefficient (Wildman–Crippen LogP) is 2.40. The molecule has 3 heteroatoms. The first-order valence-corrected chi connectivity index (χ1v) is 4.79. The van der Waals surface area contributed by atoms with Crippen molar-refractivity contribution in [1.29, 1.82) is 0 Å². The van der Waals surface area contributed by atoms with E-state index in [0.29, 0.717) is 0 Å². The smallest absolute Gasteiger partial charge is 0.137 e. The Morgan fingerprint density at radius 1 is 0.933 bits per heavy atom. The van der Waals surface area contributed by atoms with Gasteiger partial charge in [-0.05, 0) is 24.3 Å². The molecule has 0 aliphatic rings. The third-order valence-electron chi connectivity index (χ3n) is 2.29. The minimum absolute atomic E-state index is 0.904.